The zero-order chi connectivity index (χ0) is 15.6. The van der Waals surface area contributed by atoms with Gasteiger partial charge in [0.2, 0.25) is 0 Å². The maximum absolute atomic E-state index is 12.1. The lowest BCUT2D eigenvalue weighted by molar-refractivity contribution is 0.667. The molecular weight excluding hydrogens is 268 g/mol. The predicted octanol–water partition coefficient (Wildman–Crippen LogP) is 0.592. The second kappa shape index (κ2) is 5.67. The maximum Gasteiger partial charge on any atom is 0.332 e. The van der Waals surface area contributed by atoms with Gasteiger partial charge in [0.1, 0.15) is 11.9 Å². The zero-order valence-corrected chi connectivity index (χ0v) is 12.2. The first-order valence-corrected chi connectivity index (χ1v) is 6.42. The third-order valence-corrected chi connectivity index (χ3v) is 3.37. The van der Waals surface area contributed by atoms with E-state index in [0.29, 0.717) is 12.4 Å². The van der Waals surface area contributed by atoms with E-state index in [-0.39, 0.29) is 5.56 Å². The molecule has 0 aliphatic carbocycles. The summed E-state index contributed by atoms with van der Waals surface area (Å²) in [6.45, 7) is 0.496. The van der Waals surface area contributed by atoms with Gasteiger partial charge in [-0.25, -0.2) is 4.79 Å². The fourth-order valence-corrected chi connectivity index (χ4v) is 2.31. The lowest BCUT2D eigenvalue weighted by Crippen LogP contribution is -2.41. The summed E-state index contributed by atoms with van der Waals surface area (Å²) < 4.78 is 2.27. The third-order valence-electron chi connectivity index (χ3n) is 3.37. The Morgan fingerprint density at radius 3 is 2.33 bits per heavy atom. The van der Waals surface area contributed by atoms with Crippen molar-refractivity contribution in [3.05, 3.63) is 62.3 Å². The maximum atomic E-state index is 12.1. The summed E-state index contributed by atoms with van der Waals surface area (Å²) in [5, 5.41) is 9.25. The van der Waals surface area contributed by atoms with Gasteiger partial charge in [0, 0.05) is 27.7 Å². The van der Waals surface area contributed by atoms with Crippen molar-refractivity contribution in [1.82, 2.24) is 9.13 Å². The van der Waals surface area contributed by atoms with Gasteiger partial charge in [-0.3, -0.25) is 13.9 Å². The molecule has 0 bridgehead atoms. The summed E-state index contributed by atoms with van der Waals surface area (Å²) in [6.07, 6.45) is 0. The topological polar surface area (TPSA) is 71.0 Å². The molecule has 1 aromatic heterocycles. The molecule has 0 unspecified atom stereocenters. The number of benzene rings is 1. The summed E-state index contributed by atoms with van der Waals surface area (Å²) in [4.78, 5) is 25.8. The average molecular weight is 284 g/mol. The van der Waals surface area contributed by atoms with E-state index in [4.69, 9.17) is 0 Å². The van der Waals surface area contributed by atoms with E-state index < -0.39 is 11.2 Å². The molecule has 6 nitrogen and oxygen atoms in total. The summed E-state index contributed by atoms with van der Waals surface area (Å²) in [5.41, 5.74) is -0.0283. The van der Waals surface area contributed by atoms with Crippen LogP contribution in [0.5, 0.6) is 0 Å². The quantitative estimate of drug-likeness (QED) is 0.827. The minimum atomic E-state index is -0.574. The van der Waals surface area contributed by atoms with E-state index >= 15 is 0 Å². The van der Waals surface area contributed by atoms with Crippen LogP contribution in [0, 0.1) is 11.3 Å². The normalized spacial score (nSPS) is 10.2. The molecule has 21 heavy (non-hydrogen) atoms. The van der Waals surface area contributed by atoms with Gasteiger partial charge < -0.3 is 4.90 Å². The fraction of sp³-hybridized carbons (Fsp3) is 0.267. The van der Waals surface area contributed by atoms with Gasteiger partial charge in [-0.2, -0.15) is 5.26 Å². The molecule has 0 aliphatic rings. The summed E-state index contributed by atoms with van der Waals surface area (Å²) in [5.74, 6) is 0.328. The van der Waals surface area contributed by atoms with Gasteiger partial charge in [0.05, 0.1) is 0 Å². The second-order valence-corrected chi connectivity index (χ2v) is 4.86. The summed E-state index contributed by atoms with van der Waals surface area (Å²) >= 11 is 0. The monoisotopic (exact) mass is 284 g/mol. The number of hydrogen-bond acceptors (Lipinski definition) is 4. The van der Waals surface area contributed by atoms with Crippen molar-refractivity contribution in [1.29, 1.82) is 5.26 Å². The first-order valence-electron chi connectivity index (χ1n) is 6.42. The Kier molecular flexibility index (Phi) is 3.94. The van der Waals surface area contributed by atoms with Crippen molar-refractivity contribution in [3.8, 4) is 6.07 Å². The van der Waals surface area contributed by atoms with Crippen LogP contribution >= 0.6 is 0 Å². The Morgan fingerprint density at radius 2 is 1.76 bits per heavy atom. The second-order valence-electron chi connectivity index (χ2n) is 4.86. The molecule has 6 heteroatoms. The largest absolute Gasteiger partial charge is 0.355 e. The van der Waals surface area contributed by atoms with Crippen LogP contribution in [0.3, 0.4) is 0 Å². The van der Waals surface area contributed by atoms with Crippen LogP contribution in [0.2, 0.25) is 0 Å². The van der Waals surface area contributed by atoms with E-state index in [0.717, 1.165) is 10.1 Å². The summed E-state index contributed by atoms with van der Waals surface area (Å²) in [7, 11) is 4.67. The lowest BCUT2D eigenvalue weighted by atomic mass is 10.2. The summed E-state index contributed by atoms with van der Waals surface area (Å²) in [6, 6.07) is 11.5. The van der Waals surface area contributed by atoms with Crippen LogP contribution < -0.4 is 16.1 Å². The molecule has 1 aromatic carbocycles. The number of rotatable bonds is 3. The minimum Gasteiger partial charge on any atom is -0.355 e. The molecule has 0 spiro atoms. The van der Waals surface area contributed by atoms with Crippen LogP contribution in [0.15, 0.2) is 39.9 Å². The Bertz CT molecular complexity index is 813. The molecule has 0 aliphatic heterocycles. The highest BCUT2D eigenvalue weighted by atomic mass is 16.2. The predicted molar refractivity (Wildman–Crippen MR) is 80.2 cm³/mol. The minimum absolute atomic E-state index is 0.0296. The molecule has 0 amide bonds. The van der Waals surface area contributed by atoms with Gasteiger partial charge >= 0.3 is 5.69 Å². The van der Waals surface area contributed by atoms with Crippen molar-refractivity contribution in [3.63, 3.8) is 0 Å². The van der Waals surface area contributed by atoms with Crippen molar-refractivity contribution >= 4 is 5.82 Å². The standard InChI is InChI=1S/C15H16N4O2/c1-17(10-11-7-5-4-6-8-11)13-12(9-16)14(20)19(3)15(21)18(13)2/h4-8H,10H2,1-3H3. The lowest BCUT2D eigenvalue weighted by Gasteiger charge is -2.23. The first kappa shape index (κ1) is 14.6. The number of nitriles is 1. The van der Waals surface area contributed by atoms with Crippen molar-refractivity contribution in [2.24, 2.45) is 14.1 Å². The van der Waals surface area contributed by atoms with Gasteiger partial charge in [-0.1, -0.05) is 30.3 Å². The van der Waals surface area contributed by atoms with Crippen LogP contribution in [0.1, 0.15) is 11.1 Å². The van der Waals surface area contributed by atoms with Crippen molar-refractivity contribution in [2.45, 2.75) is 6.54 Å². The molecule has 2 aromatic rings. The molecule has 0 atom stereocenters. The Hall–Kier alpha value is -2.81. The van der Waals surface area contributed by atoms with Gasteiger partial charge in [0.15, 0.2) is 5.56 Å². The fourth-order valence-electron chi connectivity index (χ4n) is 2.31. The Morgan fingerprint density at radius 1 is 1.14 bits per heavy atom. The Labute approximate surface area is 122 Å². The first-order chi connectivity index (χ1) is 9.97. The number of aromatic nitrogens is 2. The molecule has 0 radical (unpaired) electrons. The highest BCUT2D eigenvalue weighted by Crippen LogP contribution is 2.15. The van der Waals surface area contributed by atoms with E-state index in [9.17, 15) is 14.9 Å². The molecule has 0 N–H and O–H groups in total. The Balaban J connectivity index is 2.56. The molecule has 0 saturated carbocycles. The SMILES string of the molecule is CN(Cc1ccccc1)c1c(C#N)c(=O)n(C)c(=O)n1C. The van der Waals surface area contributed by atoms with Gasteiger partial charge in [-0.05, 0) is 5.56 Å². The number of hydrogen-bond donors (Lipinski definition) is 0. The molecule has 1 heterocycles. The smallest absolute Gasteiger partial charge is 0.332 e. The number of nitrogens with zero attached hydrogens (tertiary/aromatic N) is 4. The molecule has 108 valence electrons. The van der Waals surface area contributed by atoms with Crippen molar-refractivity contribution < 1.29 is 0 Å². The van der Waals surface area contributed by atoms with Crippen LogP contribution in [-0.2, 0) is 20.6 Å². The zero-order valence-electron chi connectivity index (χ0n) is 12.2. The van der Waals surface area contributed by atoms with Crippen molar-refractivity contribution in [2.75, 3.05) is 11.9 Å². The van der Waals surface area contributed by atoms with Crippen LogP contribution in [0.4, 0.5) is 5.82 Å². The van der Waals surface area contributed by atoms with E-state index in [1.165, 1.54) is 11.6 Å². The molecular formula is C15H16N4O2. The van der Waals surface area contributed by atoms with Gasteiger partial charge in [-0.15, -0.1) is 0 Å². The molecule has 0 fully saturated rings. The van der Waals surface area contributed by atoms with E-state index in [1.807, 2.05) is 36.4 Å². The number of anilines is 1. The third kappa shape index (κ3) is 2.58. The van der Waals surface area contributed by atoms with Gasteiger partial charge in [0.25, 0.3) is 5.56 Å². The van der Waals surface area contributed by atoms with Crippen LogP contribution in [0.25, 0.3) is 0 Å². The van der Waals surface area contributed by atoms with E-state index in [2.05, 4.69) is 0 Å². The van der Waals surface area contributed by atoms with Crippen LogP contribution in [-0.4, -0.2) is 16.2 Å². The highest BCUT2D eigenvalue weighted by Gasteiger charge is 2.18. The van der Waals surface area contributed by atoms with E-state index in [1.54, 1.807) is 19.0 Å². The molecule has 2 rings (SSSR count). The highest BCUT2D eigenvalue weighted by molar-refractivity contribution is 5.53. The molecule has 0 saturated heterocycles. The average Bonchev–Trinajstić information content (AvgIpc) is 2.49.